The summed E-state index contributed by atoms with van der Waals surface area (Å²) in [5.41, 5.74) is 28.3. The van der Waals surface area contributed by atoms with Gasteiger partial charge >= 0.3 is 0 Å². The van der Waals surface area contributed by atoms with Gasteiger partial charge in [0.2, 0.25) is 0 Å². The van der Waals surface area contributed by atoms with E-state index >= 15 is 8.78 Å². The molecule has 12 aromatic carbocycles. The van der Waals surface area contributed by atoms with Crippen LogP contribution in [0.5, 0.6) is 0 Å². The maximum atomic E-state index is 15.7. The van der Waals surface area contributed by atoms with E-state index in [1.54, 1.807) is 24.3 Å². The van der Waals surface area contributed by atoms with Gasteiger partial charge in [0.15, 0.2) is 0 Å². The van der Waals surface area contributed by atoms with Crippen molar-refractivity contribution in [1.82, 2.24) is 0 Å². The van der Waals surface area contributed by atoms with Gasteiger partial charge in [0.1, 0.15) is 11.6 Å². The van der Waals surface area contributed by atoms with Gasteiger partial charge in [-0.15, -0.1) is 0 Å². The molecule has 15 rings (SSSR count). The quantitative estimate of drug-likeness (QED) is 0.120. The highest BCUT2D eigenvalue weighted by Crippen LogP contribution is 2.67. The summed E-state index contributed by atoms with van der Waals surface area (Å²) in [7, 11) is 0. The summed E-state index contributed by atoms with van der Waals surface area (Å²) in [5.74, 6) is -0.628. The maximum Gasteiger partial charge on any atom is 0.125 e. The molecule has 0 heterocycles. The number of nitrogens with zero attached hydrogens (tertiary/aromatic N) is 2. The van der Waals surface area contributed by atoms with Crippen LogP contribution in [-0.4, -0.2) is 0 Å². The molecule has 2 atom stereocenters. The van der Waals surface area contributed by atoms with Crippen LogP contribution in [0, 0.1) is 32.4 Å². The average Bonchev–Trinajstić information content (AvgIpc) is 1.54. The van der Waals surface area contributed by atoms with Crippen LogP contribution in [0.25, 0.3) is 56.7 Å². The molecular weight excluding hydrogens is 1040 g/mol. The molecule has 85 heavy (non-hydrogen) atoms. The predicted octanol–water partition coefficient (Wildman–Crippen LogP) is 21.5. The molecule has 0 saturated carbocycles. The lowest BCUT2D eigenvalue weighted by Gasteiger charge is -2.36. The van der Waals surface area contributed by atoms with Crippen LogP contribution < -0.4 is 9.80 Å². The van der Waals surface area contributed by atoms with Gasteiger partial charge < -0.3 is 9.80 Å². The van der Waals surface area contributed by atoms with Gasteiger partial charge in [0, 0.05) is 34.0 Å². The van der Waals surface area contributed by atoms with Crippen LogP contribution in [0.3, 0.4) is 0 Å². The Hall–Kier alpha value is -10.4. The normalized spacial score (nSPS) is 15.5. The van der Waals surface area contributed by atoms with Gasteiger partial charge in [-0.3, -0.25) is 0 Å². The minimum atomic E-state index is -0.664. The number of hydrogen-bond acceptors (Lipinski definition) is 2. The Morgan fingerprint density at radius 2 is 0.800 bits per heavy atom. The van der Waals surface area contributed by atoms with E-state index in [-0.39, 0.29) is 11.6 Å². The Morgan fingerprint density at radius 3 is 1.40 bits per heavy atom. The van der Waals surface area contributed by atoms with Crippen molar-refractivity contribution in [2.75, 3.05) is 9.80 Å². The molecule has 3 aliphatic rings. The third-order valence-electron chi connectivity index (χ3n) is 18.2. The zero-order valence-electron chi connectivity index (χ0n) is 47.5. The standard InChI is InChI=1S/C81H58F2N2/c1-6-54-25-33-58(34-26-54)80(74-46-51(3)22-24-53(74)5)72-20-10-8-18-67(72)69-43-41-66(50-76(69)80)84(64-16-12-14-60(82)48-64)62-37-29-56(30-38-62)57-31-39-63(40-32-57)85(65-17-13-15-61(83)49-65)77-45-44-70-68-19-9-11-21-73(68)81(59-35-27-55(7-2)28-36-59)75-47-52(4)23-42-71(75)78(77)79(70)81/h6-50H,1-2H2,3-5H3. The summed E-state index contributed by atoms with van der Waals surface area (Å²) in [5, 5.41) is 0. The third-order valence-corrected chi connectivity index (χ3v) is 18.2. The smallest absolute Gasteiger partial charge is 0.125 e. The van der Waals surface area contributed by atoms with E-state index in [0.717, 1.165) is 78.5 Å². The van der Waals surface area contributed by atoms with Crippen molar-refractivity contribution >= 4 is 46.3 Å². The highest BCUT2D eigenvalue weighted by Gasteiger charge is 2.54. The predicted molar refractivity (Wildman–Crippen MR) is 349 cm³/mol. The van der Waals surface area contributed by atoms with E-state index in [0.29, 0.717) is 5.69 Å². The highest BCUT2D eigenvalue weighted by molar-refractivity contribution is 6.05. The van der Waals surface area contributed by atoms with Crippen LogP contribution >= 0.6 is 0 Å². The molecule has 2 nitrogen and oxygen atoms in total. The van der Waals surface area contributed by atoms with Gasteiger partial charge in [0.05, 0.1) is 16.5 Å². The minimum absolute atomic E-state index is 0.312. The van der Waals surface area contributed by atoms with Crippen molar-refractivity contribution in [3.05, 3.63) is 358 Å². The van der Waals surface area contributed by atoms with Gasteiger partial charge in [0.25, 0.3) is 0 Å². The van der Waals surface area contributed by atoms with Crippen molar-refractivity contribution in [3.63, 3.8) is 0 Å². The molecule has 12 aromatic rings. The molecule has 0 fully saturated rings. The van der Waals surface area contributed by atoms with Gasteiger partial charge in [-0.05, 0) is 200 Å². The fourth-order valence-corrected chi connectivity index (χ4v) is 14.5. The largest absolute Gasteiger partial charge is 0.310 e. The molecule has 0 N–H and O–H groups in total. The monoisotopic (exact) mass is 1100 g/mol. The second-order valence-corrected chi connectivity index (χ2v) is 22.9. The highest BCUT2D eigenvalue weighted by atomic mass is 19.1. The molecule has 406 valence electrons. The fourth-order valence-electron chi connectivity index (χ4n) is 14.5. The van der Waals surface area contributed by atoms with Gasteiger partial charge in [-0.1, -0.05) is 218 Å². The number of halogens is 2. The molecule has 3 aliphatic carbocycles. The number of rotatable bonds is 12. The first-order chi connectivity index (χ1) is 41.6. The van der Waals surface area contributed by atoms with Gasteiger partial charge in [-0.2, -0.15) is 0 Å². The van der Waals surface area contributed by atoms with Crippen molar-refractivity contribution in [3.8, 4) is 44.5 Å². The summed E-state index contributed by atoms with van der Waals surface area (Å²) in [6, 6.07) is 91.1. The Bertz CT molecular complexity index is 4690. The summed E-state index contributed by atoms with van der Waals surface area (Å²) < 4.78 is 31.2. The zero-order chi connectivity index (χ0) is 57.7. The molecule has 0 aliphatic heterocycles. The van der Waals surface area contributed by atoms with Crippen LogP contribution in [0.15, 0.2) is 274 Å². The van der Waals surface area contributed by atoms with Crippen molar-refractivity contribution in [2.24, 2.45) is 0 Å². The first kappa shape index (κ1) is 51.5. The van der Waals surface area contributed by atoms with E-state index in [1.165, 1.54) is 78.9 Å². The summed E-state index contributed by atoms with van der Waals surface area (Å²) >= 11 is 0. The second kappa shape index (κ2) is 19.9. The number of hydrogen-bond donors (Lipinski definition) is 0. The maximum absolute atomic E-state index is 15.7. The Morgan fingerprint density at radius 1 is 0.341 bits per heavy atom. The molecule has 0 amide bonds. The summed E-state index contributed by atoms with van der Waals surface area (Å²) in [6.45, 7) is 14.7. The molecule has 2 unspecified atom stereocenters. The van der Waals surface area contributed by atoms with Crippen LogP contribution in [0.4, 0.5) is 42.9 Å². The van der Waals surface area contributed by atoms with Crippen LogP contribution in [0.2, 0.25) is 0 Å². The molecule has 0 aromatic heterocycles. The molecular formula is C81H58F2N2. The first-order valence-electron chi connectivity index (χ1n) is 29.1. The lowest BCUT2D eigenvalue weighted by Crippen LogP contribution is -2.30. The third kappa shape index (κ3) is 7.82. The fraction of sp³-hybridized carbons (Fsp3) is 0.0617. The Balaban J connectivity index is 0.847. The molecule has 0 spiro atoms. The van der Waals surface area contributed by atoms with Crippen molar-refractivity contribution < 1.29 is 8.78 Å². The Labute approximate surface area is 496 Å². The minimum Gasteiger partial charge on any atom is -0.310 e. The number of anilines is 6. The Kier molecular flexibility index (Phi) is 12.0. The van der Waals surface area contributed by atoms with E-state index in [1.807, 2.05) is 24.3 Å². The van der Waals surface area contributed by atoms with E-state index in [4.69, 9.17) is 0 Å². The second-order valence-electron chi connectivity index (χ2n) is 22.9. The molecule has 0 radical (unpaired) electrons. The van der Waals surface area contributed by atoms with E-state index in [9.17, 15) is 0 Å². The van der Waals surface area contributed by atoms with Crippen LogP contribution in [0.1, 0.15) is 72.3 Å². The summed E-state index contributed by atoms with van der Waals surface area (Å²) in [4.78, 5) is 4.38. The molecule has 0 bridgehead atoms. The van der Waals surface area contributed by atoms with Crippen molar-refractivity contribution in [2.45, 2.75) is 31.6 Å². The zero-order valence-corrected chi connectivity index (χ0v) is 47.5. The topological polar surface area (TPSA) is 6.48 Å². The van der Waals surface area contributed by atoms with Crippen molar-refractivity contribution in [1.29, 1.82) is 0 Å². The van der Waals surface area contributed by atoms with Crippen LogP contribution in [-0.2, 0) is 10.8 Å². The van der Waals surface area contributed by atoms with E-state index < -0.39 is 10.8 Å². The molecule has 4 heteroatoms. The number of benzene rings is 12. The lowest BCUT2D eigenvalue weighted by molar-refractivity contribution is 0.627. The average molecular weight is 1100 g/mol. The van der Waals surface area contributed by atoms with E-state index in [2.05, 4.69) is 256 Å². The first-order valence-corrected chi connectivity index (χ1v) is 29.1. The summed E-state index contributed by atoms with van der Waals surface area (Å²) in [6.07, 6.45) is 3.78. The van der Waals surface area contributed by atoms with Gasteiger partial charge in [-0.25, -0.2) is 8.78 Å². The SMILES string of the molecule is C=Cc1ccc(C2(c3cc(C)ccc3C)c3ccccc3-c3ccc(N(c4ccc(-c5ccc(N(c6cccc(F)c6)c6ccc7c8c6-c6ccc(C)cc6C8(c6ccc(C=C)cc6)c6ccccc6-7)cc5)cc4)c4cccc(F)c4)cc32)cc1. The number of fused-ring (bicyclic) bond motifs is 9. The number of aryl methyl sites for hydroxylation is 3. The lowest BCUT2D eigenvalue weighted by atomic mass is 9.66. The molecule has 0 saturated heterocycles.